The predicted octanol–water partition coefficient (Wildman–Crippen LogP) is 6.31. The van der Waals surface area contributed by atoms with E-state index < -0.39 is 32.2 Å². The third kappa shape index (κ3) is 3.41. The third-order valence-corrected chi connectivity index (χ3v) is 15.0. The van der Waals surface area contributed by atoms with Crippen molar-refractivity contribution in [1.29, 1.82) is 0 Å². The molecule has 37 heavy (non-hydrogen) atoms. The third-order valence-electron chi connectivity index (χ3n) is 13.4. The Morgan fingerprint density at radius 3 is 2.14 bits per heavy atom. The molecule has 0 radical (unpaired) electrons. The summed E-state index contributed by atoms with van der Waals surface area (Å²) < 4.78 is 34.7. The van der Waals surface area contributed by atoms with Gasteiger partial charge in [0.1, 0.15) is 0 Å². The topological polar surface area (TPSA) is 109 Å². The molecule has 0 bridgehead atoms. The maximum Gasteiger partial charge on any atom is 0.309 e. The Balaban J connectivity index is 1.61. The molecule has 6 nitrogen and oxygen atoms in total. The molecule has 0 aliphatic heterocycles. The molecule has 7 heteroatoms. The fourth-order valence-corrected chi connectivity index (χ4v) is 12.2. The van der Waals surface area contributed by atoms with Crippen molar-refractivity contribution >= 4 is 21.9 Å². The Hall–Kier alpha value is -1.21. The van der Waals surface area contributed by atoms with Gasteiger partial charge in [0.2, 0.25) is 0 Å². The van der Waals surface area contributed by atoms with Crippen molar-refractivity contribution in [2.75, 3.05) is 0 Å². The van der Waals surface area contributed by atoms with Crippen LogP contribution in [0.15, 0.2) is 11.6 Å². The number of fused-ring (bicyclic) bond motifs is 7. The fraction of sp³-hybridized carbons (Fsp3) is 0.867. The van der Waals surface area contributed by atoms with Crippen molar-refractivity contribution in [3.05, 3.63) is 11.6 Å². The van der Waals surface area contributed by atoms with Crippen molar-refractivity contribution in [1.82, 2.24) is 0 Å². The highest BCUT2D eigenvalue weighted by molar-refractivity contribution is 7.86. The van der Waals surface area contributed by atoms with Crippen molar-refractivity contribution in [3.8, 4) is 0 Å². The molecule has 5 rings (SSSR count). The number of carbonyl (C=O) groups excluding carboxylic acids is 1. The molecule has 0 unspecified atom stereocenters. The first-order chi connectivity index (χ1) is 16.8. The summed E-state index contributed by atoms with van der Waals surface area (Å²) in [6.07, 6.45) is 8.71. The van der Waals surface area contributed by atoms with Gasteiger partial charge in [-0.25, -0.2) is 0 Å². The summed E-state index contributed by atoms with van der Waals surface area (Å²) in [5.41, 5.74) is -1.05. The second kappa shape index (κ2) is 7.71. The van der Waals surface area contributed by atoms with E-state index in [1.807, 2.05) is 26.8 Å². The second-order valence-corrected chi connectivity index (χ2v) is 17.0. The summed E-state index contributed by atoms with van der Waals surface area (Å²) >= 11 is 0. The molecule has 4 fully saturated rings. The maximum atomic E-state index is 14.3. The van der Waals surface area contributed by atoms with E-state index in [4.69, 9.17) is 0 Å². The number of carbonyl (C=O) groups is 2. The molecule has 5 aliphatic rings. The summed E-state index contributed by atoms with van der Waals surface area (Å²) in [7, 11) is -4.18. The zero-order valence-corrected chi connectivity index (χ0v) is 24.5. The molecule has 0 aromatic rings. The number of allylic oxidation sites excluding steroid dienone is 2. The molecule has 2 N–H and O–H groups in total. The van der Waals surface area contributed by atoms with Gasteiger partial charge in [-0.3, -0.25) is 14.1 Å². The van der Waals surface area contributed by atoms with Gasteiger partial charge in [0.15, 0.2) is 5.78 Å². The van der Waals surface area contributed by atoms with Gasteiger partial charge >= 0.3 is 5.97 Å². The number of aliphatic carboxylic acids is 1. The Morgan fingerprint density at radius 2 is 1.54 bits per heavy atom. The lowest BCUT2D eigenvalue weighted by Crippen LogP contribution is -2.67. The molecule has 0 aromatic carbocycles. The van der Waals surface area contributed by atoms with Crippen LogP contribution in [0.1, 0.15) is 106 Å². The first-order valence-corrected chi connectivity index (χ1v) is 15.7. The van der Waals surface area contributed by atoms with Crippen molar-refractivity contribution in [2.45, 2.75) is 112 Å². The van der Waals surface area contributed by atoms with Crippen LogP contribution in [0, 0.1) is 50.2 Å². The Bertz CT molecular complexity index is 1190. The first-order valence-electron chi connectivity index (χ1n) is 14.2. The summed E-state index contributed by atoms with van der Waals surface area (Å²) in [5, 5.41) is 9.26. The molecular formula is C30H46O6S. The number of hydrogen-bond donors (Lipinski definition) is 2. The van der Waals surface area contributed by atoms with Gasteiger partial charge < -0.3 is 5.11 Å². The van der Waals surface area contributed by atoms with Gasteiger partial charge in [0, 0.05) is 5.92 Å². The van der Waals surface area contributed by atoms with E-state index in [2.05, 4.69) is 27.7 Å². The minimum Gasteiger partial charge on any atom is -0.481 e. The first kappa shape index (κ1) is 27.4. The molecule has 0 aromatic heterocycles. The molecule has 9 atom stereocenters. The van der Waals surface area contributed by atoms with Gasteiger partial charge in [0.25, 0.3) is 10.1 Å². The largest absolute Gasteiger partial charge is 0.481 e. The molecular weight excluding hydrogens is 488 g/mol. The fourth-order valence-electron chi connectivity index (χ4n) is 10.9. The zero-order chi connectivity index (χ0) is 27.6. The van der Waals surface area contributed by atoms with E-state index >= 15 is 0 Å². The molecule has 0 amide bonds. The number of carboxylic acids is 1. The maximum absolute atomic E-state index is 14.3. The van der Waals surface area contributed by atoms with E-state index in [0.717, 1.165) is 32.1 Å². The van der Waals surface area contributed by atoms with Crippen LogP contribution in [0.5, 0.6) is 0 Å². The molecule has 0 saturated heterocycles. The Morgan fingerprint density at radius 1 is 0.919 bits per heavy atom. The van der Waals surface area contributed by atoms with Crippen LogP contribution in [0.3, 0.4) is 0 Å². The van der Waals surface area contributed by atoms with Gasteiger partial charge in [-0.15, -0.1) is 0 Å². The monoisotopic (exact) mass is 534 g/mol. The lowest BCUT2D eigenvalue weighted by Gasteiger charge is -2.70. The average molecular weight is 535 g/mol. The van der Waals surface area contributed by atoms with E-state index in [-0.39, 0.29) is 45.2 Å². The molecule has 5 aliphatic carbocycles. The summed E-state index contributed by atoms with van der Waals surface area (Å²) in [6.45, 7) is 14.9. The van der Waals surface area contributed by atoms with E-state index in [9.17, 15) is 27.7 Å². The van der Waals surface area contributed by atoms with E-state index in [1.165, 1.54) is 5.57 Å². The van der Waals surface area contributed by atoms with Crippen LogP contribution in [-0.2, 0) is 19.7 Å². The van der Waals surface area contributed by atoms with Gasteiger partial charge in [-0.1, -0.05) is 47.1 Å². The SMILES string of the molecule is CC1(C)[C@@H]2CC[C@]3(C)[C@H](C(=O)C=C4[C@@H]5C[C@@](C)(C(=O)O)CC[C@]5(C)CC[C@]43C)[C@@]2(C)CC[C@@H]1S(=O)(=O)O. The lowest BCUT2D eigenvalue weighted by atomic mass is 9.33. The number of rotatable bonds is 2. The lowest BCUT2D eigenvalue weighted by molar-refractivity contribution is -0.185. The molecule has 0 heterocycles. The van der Waals surface area contributed by atoms with Crippen LogP contribution in [0.25, 0.3) is 0 Å². The van der Waals surface area contributed by atoms with Crippen LogP contribution in [-0.4, -0.2) is 35.1 Å². The van der Waals surface area contributed by atoms with Crippen LogP contribution < -0.4 is 0 Å². The Labute approximate surface area is 222 Å². The number of carboxylic acid groups (broad SMARTS) is 1. The molecule has 4 saturated carbocycles. The summed E-state index contributed by atoms with van der Waals surface area (Å²) in [5.74, 6) is -0.706. The number of ketones is 1. The highest BCUT2D eigenvalue weighted by Crippen LogP contribution is 2.75. The Kier molecular flexibility index (Phi) is 5.70. The van der Waals surface area contributed by atoms with Gasteiger partial charge in [-0.05, 0) is 110 Å². The number of hydrogen-bond acceptors (Lipinski definition) is 4. The van der Waals surface area contributed by atoms with Crippen molar-refractivity contribution < 1.29 is 27.7 Å². The minimum absolute atomic E-state index is 0.0140. The van der Waals surface area contributed by atoms with Crippen molar-refractivity contribution in [3.63, 3.8) is 0 Å². The zero-order valence-electron chi connectivity index (χ0n) is 23.7. The summed E-state index contributed by atoms with van der Waals surface area (Å²) in [4.78, 5) is 26.6. The highest BCUT2D eigenvalue weighted by atomic mass is 32.2. The second-order valence-electron chi connectivity index (χ2n) is 15.4. The predicted molar refractivity (Wildman–Crippen MR) is 142 cm³/mol. The minimum atomic E-state index is -4.18. The standard InChI is InChI=1S/C30H46O6S/c1-25(2)21-8-11-30(7)23(28(21,5)10-9-22(25)37(34,35)36)20(31)16-18-19-17-27(4,24(32)33)13-12-26(19,3)14-15-29(18,30)6/h16,19,21-23H,8-15,17H2,1-7H3,(H,32,33)(H,34,35,36)/t19-,21-,22-,23+,26+,27-,28-,29+,30+/m0/s1. The highest BCUT2D eigenvalue weighted by Gasteiger charge is 2.70. The smallest absolute Gasteiger partial charge is 0.309 e. The van der Waals surface area contributed by atoms with Crippen LogP contribution >= 0.6 is 0 Å². The van der Waals surface area contributed by atoms with E-state index in [1.54, 1.807) is 0 Å². The normalized spacial score (nSPS) is 51.1. The van der Waals surface area contributed by atoms with Gasteiger partial charge in [-0.2, -0.15) is 8.42 Å². The van der Waals surface area contributed by atoms with Crippen molar-refractivity contribution in [2.24, 2.45) is 50.2 Å². The van der Waals surface area contributed by atoms with Crippen LogP contribution in [0.4, 0.5) is 0 Å². The summed E-state index contributed by atoms with van der Waals surface area (Å²) in [6, 6.07) is 0. The molecule has 0 spiro atoms. The molecule has 208 valence electrons. The van der Waals surface area contributed by atoms with Gasteiger partial charge in [0.05, 0.1) is 10.7 Å². The van der Waals surface area contributed by atoms with E-state index in [0.29, 0.717) is 25.7 Å². The average Bonchev–Trinajstić information content (AvgIpc) is 2.74. The quantitative estimate of drug-likeness (QED) is 0.402. The van der Waals surface area contributed by atoms with Crippen LogP contribution in [0.2, 0.25) is 0 Å².